The Morgan fingerprint density at radius 3 is 2.50 bits per heavy atom. The van der Waals surface area contributed by atoms with E-state index in [4.69, 9.17) is 14.6 Å². The van der Waals surface area contributed by atoms with E-state index in [1.807, 2.05) is 0 Å². The normalized spacial score (nSPS) is 12.8. The minimum atomic E-state index is -1.13. The van der Waals surface area contributed by atoms with Crippen LogP contribution in [0.25, 0.3) is 0 Å². The van der Waals surface area contributed by atoms with E-state index in [9.17, 15) is 23.9 Å². The molecule has 8 nitrogen and oxygen atoms in total. The summed E-state index contributed by atoms with van der Waals surface area (Å²) < 4.78 is 25.1. The molecule has 2 amide bonds. The Labute approximate surface area is 184 Å². The minimum absolute atomic E-state index is 0.197. The number of hydrogen-bond acceptors (Lipinski definition) is 6. The van der Waals surface area contributed by atoms with Gasteiger partial charge in [-0.25, -0.2) is 14.0 Å². The molecule has 0 unspecified atom stereocenters. The zero-order valence-corrected chi connectivity index (χ0v) is 17.4. The van der Waals surface area contributed by atoms with Crippen molar-refractivity contribution in [2.75, 3.05) is 6.61 Å². The maximum Gasteiger partial charge on any atom is 0.414 e. The highest BCUT2D eigenvalue weighted by Gasteiger charge is 2.29. The highest BCUT2D eigenvalue weighted by Crippen LogP contribution is 2.30. The Morgan fingerprint density at radius 2 is 1.88 bits per heavy atom. The Bertz CT molecular complexity index is 962. The SMILES string of the molecule is CCO[C@@H](CC/C=C/C(=O)O)[C@@H](OC(=O)NC(=O)c1ccccc1)c1ccc(O)c(F)c1. The van der Waals surface area contributed by atoms with E-state index in [1.54, 1.807) is 25.1 Å². The number of ether oxygens (including phenoxy) is 2. The summed E-state index contributed by atoms with van der Waals surface area (Å²) in [5, 5.41) is 20.3. The van der Waals surface area contributed by atoms with Gasteiger partial charge >= 0.3 is 12.1 Å². The first-order valence-electron chi connectivity index (χ1n) is 9.88. The standard InChI is InChI=1S/C23H24FNO7/c1-2-31-19(10-6-7-11-20(27)28)21(16-12-13-18(26)17(24)14-16)32-23(30)25-22(29)15-8-4-3-5-9-15/h3-5,7-9,11-14,19,21,26H,2,6,10H2,1H3,(H,27,28)(H,25,29,30)/b11-7+/t19-,21-/m0/s1. The first kappa shape index (κ1) is 24.5. The van der Waals surface area contributed by atoms with Gasteiger partial charge in [-0.2, -0.15) is 0 Å². The molecule has 0 fully saturated rings. The predicted octanol–water partition coefficient (Wildman–Crippen LogP) is 3.97. The summed E-state index contributed by atoms with van der Waals surface area (Å²) in [6.07, 6.45) is -0.0614. The third-order valence-corrected chi connectivity index (χ3v) is 4.38. The van der Waals surface area contributed by atoms with Crippen molar-refractivity contribution in [1.29, 1.82) is 0 Å². The number of imide groups is 1. The molecule has 0 bridgehead atoms. The lowest BCUT2D eigenvalue weighted by atomic mass is 9.99. The number of nitrogens with one attached hydrogen (secondary N) is 1. The van der Waals surface area contributed by atoms with E-state index in [0.29, 0.717) is 0 Å². The molecule has 0 aliphatic heterocycles. The van der Waals surface area contributed by atoms with Crippen LogP contribution in [0.5, 0.6) is 5.75 Å². The van der Waals surface area contributed by atoms with Crippen molar-refractivity contribution >= 4 is 18.0 Å². The van der Waals surface area contributed by atoms with Gasteiger partial charge in [0.2, 0.25) is 0 Å². The molecule has 9 heteroatoms. The van der Waals surface area contributed by atoms with Crippen molar-refractivity contribution in [3.63, 3.8) is 0 Å². The molecule has 2 aromatic carbocycles. The summed E-state index contributed by atoms with van der Waals surface area (Å²) >= 11 is 0. The van der Waals surface area contributed by atoms with Gasteiger partial charge in [0.05, 0.1) is 6.10 Å². The molecular weight excluding hydrogens is 421 g/mol. The fourth-order valence-electron chi connectivity index (χ4n) is 2.94. The van der Waals surface area contributed by atoms with Crippen LogP contribution in [0.2, 0.25) is 0 Å². The molecule has 0 heterocycles. The fraction of sp³-hybridized carbons (Fsp3) is 0.261. The molecule has 0 aromatic heterocycles. The number of hydrogen-bond donors (Lipinski definition) is 3. The average molecular weight is 445 g/mol. The zero-order valence-electron chi connectivity index (χ0n) is 17.4. The lowest BCUT2D eigenvalue weighted by Crippen LogP contribution is -2.35. The van der Waals surface area contributed by atoms with Crippen molar-refractivity contribution in [1.82, 2.24) is 5.32 Å². The molecule has 170 valence electrons. The van der Waals surface area contributed by atoms with E-state index in [-0.39, 0.29) is 30.6 Å². The molecule has 0 saturated carbocycles. The molecule has 0 spiro atoms. The molecule has 2 rings (SSSR count). The molecule has 2 aromatic rings. The van der Waals surface area contributed by atoms with Crippen molar-refractivity contribution in [3.8, 4) is 5.75 Å². The van der Waals surface area contributed by atoms with Crippen LogP contribution in [0.4, 0.5) is 9.18 Å². The number of carboxylic acid groups (broad SMARTS) is 1. The van der Waals surface area contributed by atoms with Gasteiger partial charge in [-0.3, -0.25) is 10.1 Å². The lowest BCUT2D eigenvalue weighted by molar-refractivity contribution is -0.131. The van der Waals surface area contributed by atoms with E-state index < -0.39 is 41.7 Å². The van der Waals surface area contributed by atoms with Crippen molar-refractivity contribution < 1.29 is 38.5 Å². The average Bonchev–Trinajstić information content (AvgIpc) is 2.76. The van der Waals surface area contributed by atoms with E-state index >= 15 is 0 Å². The summed E-state index contributed by atoms with van der Waals surface area (Å²) in [6.45, 7) is 1.95. The summed E-state index contributed by atoms with van der Waals surface area (Å²) in [5.41, 5.74) is 0.445. The molecule has 32 heavy (non-hydrogen) atoms. The first-order valence-corrected chi connectivity index (χ1v) is 9.88. The highest BCUT2D eigenvalue weighted by molar-refractivity contribution is 6.02. The van der Waals surface area contributed by atoms with Gasteiger partial charge in [0, 0.05) is 18.2 Å². The number of carbonyl (C=O) groups is 3. The largest absolute Gasteiger partial charge is 0.505 e. The summed E-state index contributed by atoms with van der Waals surface area (Å²) in [7, 11) is 0. The van der Waals surface area contributed by atoms with Crippen LogP contribution in [0.1, 0.15) is 41.8 Å². The molecule has 0 radical (unpaired) electrons. The Balaban J connectivity index is 2.23. The second-order valence-electron chi connectivity index (χ2n) is 6.67. The number of alkyl carbamates (subject to hydrolysis) is 1. The van der Waals surface area contributed by atoms with Crippen molar-refractivity contribution in [2.45, 2.75) is 32.0 Å². The lowest BCUT2D eigenvalue weighted by Gasteiger charge is -2.27. The second-order valence-corrected chi connectivity index (χ2v) is 6.67. The number of phenols is 1. The van der Waals surface area contributed by atoms with Gasteiger partial charge in [-0.05, 0) is 49.6 Å². The number of benzene rings is 2. The maximum atomic E-state index is 14.0. The quantitative estimate of drug-likeness (QED) is 0.473. The summed E-state index contributed by atoms with van der Waals surface area (Å²) in [4.78, 5) is 35.4. The van der Waals surface area contributed by atoms with E-state index in [1.165, 1.54) is 24.3 Å². The van der Waals surface area contributed by atoms with E-state index in [2.05, 4.69) is 5.32 Å². The third kappa shape index (κ3) is 7.51. The van der Waals surface area contributed by atoms with Crippen LogP contribution in [0.15, 0.2) is 60.7 Å². The Morgan fingerprint density at radius 1 is 1.16 bits per heavy atom. The van der Waals surface area contributed by atoms with Crippen molar-refractivity contribution in [2.24, 2.45) is 0 Å². The zero-order chi connectivity index (χ0) is 23.5. The number of amides is 2. The van der Waals surface area contributed by atoms with Crippen LogP contribution in [0.3, 0.4) is 0 Å². The Kier molecular flexibility index (Phi) is 9.37. The summed E-state index contributed by atoms with van der Waals surface area (Å²) in [5.74, 6) is -3.28. The number of aromatic hydroxyl groups is 1. The number of allylic oxidation sites excluding steroid dienone is 1. The number of phenolic OH excluding ortho intramolecular Hbond substituents is 1. The molecule has 0 aliphatic carbocycles. The van der Waals surface area contributed by atoms with Gasteiger partial charge in [0.15, 0.2) is 17.7 Å². The monoisotopic (exact) mass is 445 g/mol. The smallest absolute Gasteiger partial charge is 0.414 e. The van der Waals surface area contributed by atoms with Crippen LogP contribution in [-0.2, 0) is 14.3 Å². The molecule has 2 atom stereocenters. The molecule has 3 N–H and O–H groups in total. The van der Waals surface area contributed by atoms with Gasteiger partial charge < -0.3 is 19.7 Å². The number of carboxylic acids is 1. The highest BCUT2D eigenvalue weighted by atomic mass is 19.1. The number of aliphatic carboxylic acids is 1. The maximum absolute atomic E-state index is 14.0. The number of rotatable bonds is 10. The van der Waals surface area contributed by atoms with Crippen LogP contribution in [-0.4, -0.2) is 40.9 Å². The van der Waals surface area contributed by atoms with Gasteiger partial charge in [0.25, 0.3) is 5.91 Å². The van der Waals surface area contributed by atoms with Crippen LogP contribution >= 0.6 is 0 Å². The van der Waals surface area contributed by atoms with Crippen molar-refractivity contribution in [3.05, 3.63) is 77.6 Å². The third-order valence-electron chi connectivity index (χ3n) is 4.38. The summed E-state index contributed by atoms with van der Waals surface area (Å²) in [6, 6.07) is 11.5. The first-order chi connectivity index (χ1) is 15.3. The Hall–Kier alpha value is -3.72. The van der Waals surface area contributed by atoms with E-state index in [0.717, 1.165) is 18.2 Å². The second kappa shape index (κ2) is 12.2. The van der Waals surface area contributed by atoms with Gasteiger partial charge in [-0.15, -0.1) is 0 Å². The van der Waals surface area contributed by atoms with Crippen LogP contribution in [0, 0.1) is 5.82 Å². The predicted molar refractivity (Wildman–Crippen MR) is 113 cm³/mol. The van der Waals surface area contributed by atoms with Gasteiger partial charge in [-0.1, -0.05) is 30.3 Å². The number of carbonyl (C=O) groups excluding carboxylic acids is 2. The number of halogens is 1. The molecule has 0 aliphatic rings. The molecular formula is C23H24FNO7. The fourth-order valence-corrected chi connectivity index (χ4v) is 2.94. The van der Waals surface area contributed by atoms with Gasteiger partial charge in [0.1, 0.15) is 0 Å². The van der Waals surface area contributed by atoms with Crippen LogP contribution < -0.4 is 5.32 Å². The topological polar surface area (TPSA) is 122 Å². The molecule has 0 saturated heterocycles. The minimum Gasteiger partial charge on any atom is -0.505 e.